The smallest absolute Gasteiger partial charge is 0.193 e. The molecule has 5 rings (SSSR count). The van der Waals surface area contributed by atoms with E-state index in [4.69, 9.17) is 14.2 Å². The number of Topliss-reactive ketones (excluding diaryl/α,β-unsaturated/α-hetero) is 1. The van der Waals surface area contributed by atoms with E-state index in [2.05, 4.69) is 0 Å². The van der Waals surface area contributed by atoms with Crippen molar-refractivity contribution in [2.24, 2.45) is 0 Å². The number of ketones is 2. The van der Waals surface area contributed by atoms with Crippen LogP contribution in [0.15, 0.2) is 90.0 Å². The van der Waals surface area contributed by atoms with E-state index in [1.807, 2.05) is 39.8 Å². The van der Waals surface area contributed by atoms with Gasteiger partial charge >= 0.3 is 0 Å². The zero-order valence-corrected chi connectivity index (χ0v) is 30.1. The topological polar surface area (TPSA) is 163 Å². The number of ether oxygens (including phenoxy) is 3. The van der Waals surface area contributed by atoms with Gasteiger partial charge < -0.3 is 39.7 Å². The minimum Gasteiger partial charge on any atom is -0.508 e. The van der Waals surface area contributed by atoms with Crippen LogP contribution in [0.5, 0.6) is 46.0 Å². The third-order valence-electron chi connectivity index (χ3n) is 8.28. The third kappa shape index (κ3) is 9.33. The number of rotatable bonds is 10. The first-order valence-corrected chi connectivity index (χ1v) is 16.6. The second-order valence-electron chi connectivity index (χ2n) is 12.7. The molecule has 5 N–H and O–H groups in total. The number of aromatic hydroxyl groups is 5. The SMILES string of the molecule is COc1cc(O)c(CC=C(C)C)c(O)c1C(=O)/C=C/c1ccc(O)cc1.COc1cc(O)c(CC=C(C)C)c2c1C(=O)CC(c1ccc(O)cc1)O2. The summed E-state index contributed by atoms with van der Waals surface area (Å²) in [6.45, 7) is 7.75. The van der Waals surface area contributed by atoms with Crippen LogP contribution >= 0.6 is 0 Å². The van der Waals surface area contributed by atoms with Gasteiger partial charge in [-0.2, -0.15) is 0 Å². The predicted octanol–water partition coefficient (Wildman–Crippen LogP) is 8.54. The summed E-state index contributed by atoms with van der Waals surface area (Å²) in [4.78, 5) is 25.4. The van der Waals surface area contributed by atoms with Gasteiger partial charge in [0, 0.05) is 23.3 Å². The molecule has 0 spiro atoms. The second kappa shape index (κ2) is 17.2. The molecule has 272 valence electrons. The largest absolute Gasteiger partial charge is 0.508 e. The van der Waals surface area contributed by atoms with Gasteiger partial charge in [0.25, 0.3) is 0 Å². The number of methoxy groups -OCH3 is 2. The maximum absolute atomic E-state index is 12.8. The van der Waals surface area contributed by atoms with E-state index in [0.717, 1.165) is 22.3 Å². The number of carbonyl (C=O) groups excluding carboxylic acids is 2. The number of phenols is 5. The highest BCUT2D eigenvalue weighted by molar-refractivity contribution is 6.11. The summed E-state index contributed by atoms with van der Waals surface area (Å²) in [6.07, 6.45) is 7.15. The number of benzene rings is 4. The number of phenolic OH excluding ortho intramolecular Hbond substituents is 5. The van der Waals surface area contributed by atoms with Crippen LogP contribution in [0.3, 0.4) is 0 Å². The van der Waals surface area contributed by atoms with Crippen LogP contribution in [-0.2, 0) is 12.8 Å². The van der Waals surface area contributed by atoms with Gasteiger partial charge in [0.1, 0.15) is 63.2 Å². The van der Waals surface area contributed by atoms with Crippen molar-refractivity contribution in [3.05, 3.63) is 123 Å². The van der Waals surface area contributed by atoms with Crippen molar-refractivity contribution < 1.29 is 49.3 Å². The van der Waals surface area contributed by atoms with E-state index < -0.39 is 11.9 Å². The Labute approximate surface area is 303 Å². The summed E-state index contributed by atoms with van der Waals surface area (Å²) in [5, 5.41) is 49.9. The van der Waals surface area contributed by atoms with Crippen LogP contribution in [0.4, 0.5) is 0 Å². The molecule has 10 heteroatoms. The van der Waals surface area contributed by atoms with Crippen LogP contribution in [0.2, 0.25) is 0 Å². The van der Waals surface area contributed by atoms with Crippen LogP contribution in [0.1, 0.15) is 83.2 Å². The molecule has 0 bridgehead atoms. The Morgan fingerprint density at radius 3 is 1.85 bits per heavy atom. The average Bonchev–Trinajstić information content (AvgIpc) is 3.10. The fourth-order valence-corrected chi connectivity index (χ4v) is 5.47. The van der Waals surface area contributed by atoms with Crippen LogP contribution in [0.25, 0.3) is 6.08 Å². The van der Waals surface area contributed by atoms with Crippen molar-refractivity contribution in [1.82, 2.24) is 0 Å². The van der Waals surface area contributed by atoms with Crippen LogP contribution in [-0.4, -0.2) is 51.3 Å². The zero-order valence-electron chi connectivity index (χ0n) is 30.1. The van der Waals surface area contributed by atoms with E-state index >= 15 is 0 Å². The summed E-state index contributed by atoms with van der Waals surface area (Å²) >= 11 is 0. The van der Waals surface area contributed by atoms with Crippen molar-refractivity contribution in [3.8, 4) is 46.0 Å². The maximum atomic E-state index is 12.8. The lowest BCUT2D eigenvalue weighted by Crippen LogP contribution is -2.22. The van der Waals surface area contributed by atoms with Crippen LogP contribution < -0.4 is 14.2 Å². The molecular formula is C42H44O10. The molecule has 0 fully saturated rings. The number of hydrogen-bond donors (Lipinski definition) is 5. The van der Waals surface area contributed by atoms with Gasteiger partial charge in [-0.25, -0.2) is 0 Å². The number of allylic oxidation sites excluding steroid dienone is 5. The molecule has 0 aliphatic carbocycles. The molecule has 4 aromatic carbocycles. The highest BCUT2D eigenvalue weighted by Crippen LogP contribution is 2.46. The Balaban J connectivity index is 0.000000233. The van der Waals surface area contributed by atoms with Gasteiger partial charge in [-0.05, 0) is 82.0 Å². The predicted molar refractivity (Wildman–Crippen MR) is 199 cm³/mol. The Bertz CT molecular complexity index is 2010. The highest BCUT2D eigenvalue weighted by atomic mass is 16.5. The van der Waals surface area contributed by atoms with E-state index in [-0.39, 0.29) is 57.8 Å². The lowest BCUT2D eigenvalue weighted by atomic mass is 9.92. The van der Waals surface area contributed by atoms with Gasteiger partial charge in [0.2, 0.25) is 0 Å². The van der Waals surface area contributed by atoms with E-state index in [1.54, 1.807) is 42.5 Å². The number of carbonyl (C=O) groups is 2. The van der Waals surface area contributed by atoms with E-state index in [9.17, 15) is 35.1 Å². The first-order valence-electron chi connectivity index (χ1n) is 16.6. The molecule has 4 aromatic rings. The van der Waals surface area contributed by atoms with Gasteiger partial charge in [0.15, 0.2) is 11.6 Å². The standard InChI is InChI=1S/2C21H22O5/c1-12(2)4-9-15-16(23)10-19(25-3)20-17(24)11-18(26-21(15)20)13-5-7-14(22)8-6-13;1-13(2)4-10-16-18(24)12-19(26-3)20(21(16)25)17(23)11-7-14-5-8-15(22)9-6-14/h4-8,10,18,22-23H,9,11H2,1-3H3;4-9,11-12,22,24-25H,10H2,1-3H3/b;11-7+. The molecule has 1 aliphatic heterocycles. The molecule has 1 heterocycles. The normalized spacial score (nSPS) is 13.3. The maximum Gasteiger partial charge on any atom is 0.193 e. The zero-order chi connectivity index (χ0) is 38.1. The van der Waals surface area contributed by atoms with Crippen molar-refractivity contribution in [1.29, 1.82) is 0 Å². The molecule has 1 aliphatic rings. The summed E-state index contributed by atoms with van der Waals surface area (Å²) in [6, 6.07) is 15.7. The van der Waals surface area contributed by atoms with Crippen LogP contribution in [0, 0.1) is 0 Å². The summed E-state index contributed by atoms with van der Waals surface area (Å²) < 4.78 is 16.6. The highest BCUT2D eigenvalue weighted by Gasteiger charge is 2.34. The molecular weight excluding hydrogens is 664 g/mol. The Morgan fingerprint density at radius 1 is 0.769 bits per heavy atom. The Kier molecular flexibility index (Phi) is 12.8. The molecule has 0 saturated carbocycles. The van der Waals surface area contributed by atoms with Crippen molar-refractivity contribution in [2.45, 2.75) is 53.1 Å². The van der Waals surface area contributed by atoms with Crippen molar-refractivity contribution >= 4 is 17.6 Å². The quantitative estimate of drug-likeness (QED) is 0.0613. The minimum absolute atomic E-state index is 0.00233. The fraction of sp³-hybridized carbons (Fsp3) is 0.238. The summed E-state index contributed by atoms with van der Waals surface area (Å²) in [5.41, 5.74) is 4.85. The minimum atomic E-state index is -0.479. The van der Waals surface area contributed by atoms with E-state index in [1.165, 1.54) is 44.6 Å². The molecule has 1 unspecified atom stereocenters. The third-order valence-corrected chi connectivity index (χ3v) is 8.28. The molecule has 52 heavy (non-hydrogen) atoms. The number of fused-ring (bicyclic) bond motifs is 1. The Morgan fingerprint density at radius 2 is 1.29 bits per heavy atom. The molecule has 0 amide bonds. The lowest BCUT2D eigenvalue weighted by molar-refractivity contribution is 0.0841. The first-order chi connectivity index (χ1) is 24.7. The van der Waals surface area contributed by atoms with Gasteiger partial charge in [-0.3, -0.25) is 9.59 Å². The van der Waals surface area contributed by atoms with Gasteiger partial charge in [-0.15, -0.1) is 0 Å². The molecule has 0 radical (unpaired) electrons. The molecule has 1 atom stereocenters. The molecule has 0 aromatic heterocycles. The monoisotopic (exact) mass is 708 g/mol. The summed E-state index contributed by atoms with van der Waals surface area (Å²) in [7, 11) is 2.83. The Hall–Kier alpha value is -6.16. The lowest BCUT2D eigenvalue weighted by Gasteiger charge is -2.29. The second-order valence-corrected chi connectivity index (χ2v) is 12.7. The first kappa shape index (κ1) is 38.6. The number of hydrogen-bond acceptors (Lipinski definition) is 10. The van der Waals surface area contributed by atoms with Crippen molar-refractivity contribution in [2.75, 3.05) is 14.2 Å². The van der Waals surface area contributed by atoms with E-state index in [0.29, 0.717) is 35.5 Å². The van der Waals surface area contributed by atoms with Crippen molar-refractivity contribution in [3.63, 3.8) is 0 Å². The fourth-order valence-electron chi connectivity index (χ4n) is 5.47. The average molecular weight is 709 g/mol. The van der Waals surface area contributed by atoms with Gasteiger partial charge in [0.05, 0.1) is 20.6 Å². The van der Waals surface area contributed by atoms with Gasteiger partial charge in [-0.1, -0.05) is 53.6 Å². The molecule has 10 nitrogen and oxygen atoms in total. The summed E-state index contributed by atoms with van der Waals surface area (Å²) in [5.74, 6) is 0.135. The molecule has 0 saturated heterocycles.